The van der Waals surface area contributed by atoms with Gasteiger partial charge in [0.15, 0.2) is 0 Å². The zero-order chi connectivity index (χ0) is 43.0. The minimum atomic E-state index is -1.07. The summed E-state index contributed by atoms with van der Waals surface area (Å²) in [6.07, 6.45) is 11.6. The molecule has 0 bridgehead atoms. The average Bonchev–Trinajstić information content (AvgIpc) is 3.30. The number of Topliss-reactive ketones (excluding diaryl/α,β-unsaturated/α-hetero) is 1. The van der Waals surface area contributed by atoms with Crippen LogP contribution in [-0.4, -0.2) is 110 Å². The van der Waals surface area contributed by atoms with Crippen molar-refractivity contribution < 1.29 is 33.8 Å². The predicted octanol–water partition coefficient (Wildman–Crippen LogP) is 5.43. The molecule has 2 fully saturated rings. The number of piperazine rings is 1. The number of hydrogen-bond donors (Lipinski definition) is 5. The number of carbonyl (C=O) groups is 4. The highest BCUT2D eigenvalue weighted by Crippen LogP contribution is 2.24. The molecule has 0 unspecified atom stereocenters. The highest BCUT2D eigenvalue weighted by atomic mass is 16.5. The van der Waals surface area contributed by atoms with E-state index >= 15 is 0 Å². The first kappa shape index (κ1) is 45.2. The summed E-state index contributed by atoms with van der Waals surface area (Å²) in [7, 11) is 3.25. The van der Waals surface area contributed by atoms with Crippen molar-refractivity contribution in [3.63, 3.8) is 0 Å². The number of nitrogens with zero attached hydrogens (tertiary/aromatic N) is 7. The summed E-state index contributed by atoms with van der Waals surface area (Å²) in [4.78, 5) is 71.8. The number of carbonyl (C=O) groups excluding carboxylic acids is 3. The van der Waals surface area contributed by atoms with E-state index in [4.69, 9.17) is 14.6 Å². The quantitative estimate of drug-likeness (QED) is 0.116. The van der Waals surface area contributed by atoms with Crippen molar-refractivity contribution >= 4 is 46.8 Å². The van der Waals surface area contributed by atoms with Crippen LogP contribution in [0.3, 0.4) is 0 Å². The fourth-order valence-corrected chi connectivity index (χ4v) is 5.80. The Bertz CT molecular complexity index is 2380. The number of ketones is 1. The maximum atomic E-state index is 12.5. The third-order valence-electron chi connectivity index (χ3n) is 9.08. The van der Waals surface area contributed by atoms with Crippen molar-refractivity contribution in [2.75, 3.05) is 57.6 Å². The highest BCUT2D eigenvalue weighted by molar-refractivity contribution is 5.95. The Balaban J connectivity index is 0.000000203. The van der Waals surface area contributed by atoms with Gasteiger partial charge in [0.25, 0.3) is 5.91 Å². The molecule has 62 heavy (non-hydrogen) atoms. The molecule has 2 aliphatic rings. The zero-order valence-electron chi connectivity index (χ0n) is 33.4. The van der Waals surface area contributed by atoms with Gasteiger partial charge in [0.05, 0.1) is 51.1 Å². The van der Waals surface area contributed by atoms with E-state index in [1.54, 1.807) is 57.2 Å². The van der Waals surface area contributed by atoms with Crippen LogP contribution in [-0.2, 0) is 9.59 Å². The van der Waals surface area contributed by atoms with Crippen molar-refractivity contribution in [1.82, 2.24) is 45.4 Å². The average molecular weight is 842 g/mol. The molecule has 6 aromatic rings. The number of carboxylic acid groups (broad SMARTS) is 1. The van der Waals surface area contributed by atoms with Crippen molar-refractivity contribution in [1.29, 1.82) is 0 Å². The fraction of sp³-hybridized carbons (Fsp3) is 0.227. The Morgan fingerprint density at radius 2 is 1.15 bits per heavy atom. The number of methoxy groups -OCH3 is 2. The third-order valence-corrected chi connectivity index (χ3v) is 9.08. The van der Waals surface area contributed by atoms with Crippen molar-refractivity contribution in [2.45, 2.75) is 20.3 Å². The van der Waals surface area contributed by atoms with Gasteiger partial charge in [-0.15, -0.1) is 0 Å². The molecule has 0 spiro atoms. The molecule has 0 radical (unpaired) electrons. The van der Waals surface area contributed by atoms with Gasteiger partial charge >= 0.3 is 5.97 Å². The molecule has 0 aliphatic carbocycles. The molecule has 6 heterocycles. The fourth-order valence-electron chi connectivity index (χ4n) is 5.80. The van der Waals surface area contributed by atoms with Crippen LogP contribution < -0.4 is 30.7 Å². The SMILES string of the molecule is C.COc1ccc(-c2cnc(Nc3ccc(C(=O)N4CCNC(=O)C4)nc3)nc2)cc1.COc1ccc(-c2cnc(Nc3ccc(C(=O)O)nc3)nc2)cc1.O=C1CCCNC1. The molecule has 2 aliphatic heterocycles. The Kier molecular flexibility index (Phi) is 16.4. The maximum absolute atomic E-state index is 12.5. The normalized spacial score (nSPS) is 13.0. The lowest BCUT2D eigenvalue weighted by molar-refractivity contribution is -0.123. The number of aromatic nitrogens is 6. The van der Waals surface area contributed by atoms with Crippen molar-refractivity contribution in [2.24, 2.45) is 0 Å². The van der Waals surface area contributed by atoms with E-state index in [9.17, 15) is 19.2 Å². The molecule has 320 valence electrons. The summed E-state index contributed by atoms with van der Waals surface area (Å²) in [5.41, 5.74) is 5.25. The first-order valence-electron chi connectivity index (χ1n) is 19.1. The molecule has 2 saturated heterocycles. The van der Waals surface area contributed by atoms with E-state index < -0.39 is 5.97 Å². The molecule has 18 nitrogen and oxygen atoms in total. The van der Waals surface area contributed by atoms with Crippen molar-refractivity contribution in [3.8, 4) is 33.8 Å². The Labute approximate surface area is 358 Å². The van der Waals surface area contributed by atoms with E-state index in [1.165, 1.54) is 23.4 Å². The van der Waals surface area contributed by atoms with E-state index in [1.807, 2.05) is 48.5 Å². The first-order valence-corrected chi connectivity index (χ1v) is 19.1. The summed E-state index contributed by atoms with van der Waals surface area (Å²) in [6.45, 7) is 2.59. The minimum absolute atomic E-state index is 0. The number of piperidine rings is 1. The number of aromatic carboxylic acids is 1. The second-order valence-corrected chi connectivity index (χ2v) is 13.4. The van der Waals surface area contributed by atoms with Crippen LogP contribution in [0.1, 0.15) is 41.2 Å². The standard InChI is InChI=1S/C21H20N6O3.C17H14N4O3.C5H9NO.CH4/c1-30-17-5-2-14(3-6-17)15-10-24-21(25-11-15)26-16-4-7-18(23-12-16)20(29)27-9-8-22-19(28)13-27;1-24-14-5-2-11(3-6-14)12-8-19-17(20-9-12)21-13-4-7-15(16(22)23)18-10-13;7-5-2-1-3-6-4-5;/h2-7,10-12H,8-9,13H2,1H3,(H,22,28)(H,24,25,26);2-10H,1H3,(H,22,23)(H,19,20,21);6H,1-4H2;1H4. The number of pyridine rings is 2. The van der Waals surface area contributed by atoms with E-state index in [2.05, 4.69) is 51.2 Å². The topological polar surface area (TPSA) is 236 Å². The predicted molar refractivity (Wildman–Crippen MR) is 233 cm³/mol. The summed E-state index contributed by atoms with van der Waals surface area (Å²) in [6, 6.07) is 21.6. The molecule has 18 heteroatoms. The lowest BCUT2D eigenvalue weighted by atomic mass is 10.1. The van der Waals surface area contributed by atoms with Crippen LogP contribution in [0.5, 0.6) is 11.5 Å². The number of ether oxygens (including phenoxy) is 2. The van der Waals surface area contributed by atoms with E-state index in [0.717, 1.165) is 53.1 Å². The lowest BCUT2D eigenvalue weighted by Crippen LogP contribution is -2.50. The summed E-state index contributed by atoms with van der Waals surface area (Å²) >= 11 is 0. The largest absolute Gasteiger partial charge is 0.497 e. The second-order valence-electron chi connectivity index (χ2n) is 13.4. The lowest BCUT2D eigenvalue weighted by Gasteiger charge is -2.26. The number of amides is 2. The van der Waals surface area contributed by atoms with Crippen LogP contribution in [0.15, 0.2) is 110 Å². The number of nitrogens with one attached hydrogen (secondary N) is 4. The van der Waals surface area contributed by atoms with Gasteiger partial charge in [0.1, 0.15) is 28.7 Å². The molecule has 8 rings (SSSR count). The Morgan fingerprint density at radius 3 is 1.52 bits per heavy atom. The molecule has 2 amide bonds. The van der Waals surface area contributed by atoms with Gasteiger partial charge < -0.3 is 40.7 Å². The smallest absolute Gasteiger partial charge is 0.354 e. The number of hydrogen-bond acceptors (Lipinski definition) is 15. The Morgan fingerprint density at radius 1 is 0.645 bits per heavy atom. The maximum Gasteiger partial charge on any atom is 0.354 e. The molecule has 2 aromatic carbocycles. The highest BCUT2D eigenvalue weighted by Gasteiger charge is 2.23. The van der Waals surface area contributed by atoms with Crippen LogP contribution in [0.4, 0.5) is 23.3 Å². The molecule has 0 saturated carbocycles. The first-order chi connectivity index (χ1) is 29.7. The minimum Gasteiger partial charge on any atom is -0.497 e. The molecule has 5 N–H and O–H groups in total. The molecule has 4 aromatic heterocycles. The molecule has 0 atom stereocenters. The summed E-state index contributed by atoms with van der Waals surface area (Å²) in [5, 5.41) is 20.5. The van der Waals surface area contributed by atoms with Gasteiger partial charge in [-0.05, 0) is 72.6 Å². The van der Waals surface area contributed by atoms with Crippen molar-refractivity contribution in [3.05, 3.63) is 121 Å². The molecular formula is C44H47N11O7. The van der Waals surface area contributed by atoms with E-state index in [0.29, 0.717) is 48.7 Å². The molecular weight excluding hydrogens is 795 g/mol. The van der Waals surface area contributed by atoms with Gasteiger partial charge in [0.2, 0.25) is 17.8 Å². The Hall–Kier alpha value is -7.86. The monoisotopic (exact) mass is 841 g/mol. The van der Waals surface area contributed by atoms with Crippen LogP contribution in [0.2, 0.25) is 0 Å². The van der Waals surface area contributed by atoms with Gasteiger partial charge in [-0.1, -0.05) is 31.7 Å². The van der Waals surface area contributed by atoms with Crippen LogP contribution in [0.25, 0.3) is 22.3 Å². The number of rotatable bonds is 10. The number of benzene rings is 2. The summed E-state index contributed by atoms with van der Waals surface area (Å²) in [5.74, 6) is 1.25. The van der Waals surface area contributed by atoms with Gasteiger partial charge in [0, 0.05) is 55.4 Å². The number of carboxylic acids is 1. The summed E-state index contributed by atoms with van der Waals surface area (Å²) < 4.78 is 10.3. The third kappa shape index (κ3) is 13.1. The van der Waals surface area contributed by atoms with Gasteiger partial charge in [-0.2, -0.15) is 0 Å². The van der Waals surface area contributed by atoms with Crippen LogP contribution >= 0.6 is 0 Å². The van der Waals surface area contributed by atoms with Gasteiger partial charge in [-0.25, -0.2) is 34.7 Å². The van der Waals surface area contributed by atoms with E-state index in [-0.39, 0.29) is 37.2 Å². The number of anilines is 4. The van der Waals surface area contributed by atoms with Gasteiger partial charge in [-0.3, -0.25) is 14.4 Å². The second kappa shape index (κ2) is 22.5. The van der Waals surface area contributed by atoms with Crippen LogP contribution in [0, 0.1) is 0 Å². The zero-order valence-corrected chi connectivity index (χ0v) is 33.4.